The van der Waals surface area contributed by atoms with Gasteiger partial charge in [0.1, 0.15) is 0 Å². The number of rotatable bonds is 6. The summed E-state index contributed by atoms with van der Waals surface area (Å²) in [4.78, 5) is 0. The second kappa shape index (κ2) is 6.30. The van der Waals surface area contributed by atoms with Crippen molar-refractivity contribution in [3.8, 4) is 0 Å². The van der Waals surface area contributed by atoms with E-state index in [2.05, 4.69) is 38.1 Å². The molecule has 3 nitrogen and oxygen atoms in total. The van der Waals surface area contributed by atoms with Crippen molar-refractivity contribution in [2.75, 3.05) is 5.75 Å². The number of nitrogens with one attached hydrogen (secondary N) is 1. The summed E-state index contributed by atoms with van der Waals surface area (Å²) in [5.74, 6) is 1.16. The number of hydrogen-bond donors (Lipinski definition) is 1. The highest BCUT2D eigenvalue weighted by molar-refractivity contribution is 7.99. The first-order chi connectivity index (χ1) is 7.56. The van der Waals surface area contributed by atoms with Crippen LogP contribution in [0.15, 0.2) is 5.03 Å². The summed E-state index contributed by atoms with van der Waals surface area (Å²) in [6.45, 7) is 9.56. The van der Waals surface area contributed by atoms with Gasteiger partial charge in [0.15, 0.2) is 0 Å². The third-order valence-corrected chi connectivity index (χ3v) is 3.82. The van der Waals surface area contributed by atoms with Crippen molar-refractivity contribution in [2.45, 2.75) is 51.7 Å². The van der Waals surface area contributed by atoms with Crippen LogP contribution in [0.3, 0.4) is 0 Å². The first kappa shape index (κ1) is 13.6. The van der Waals surface area contributed by atoms with Crippen LogP contribution in [-0.4, -0.2) is 21.6 Å². The first-order valence-corrected chi connectivity index (χ1v) is 6.93. The Balaban J connectivity index is 2.78. The van der Waals surface area contributed by atoms with E-state index in [-0.39, 0.29) is 0 Å². The molecule has 0 aromatic carbocycles. The average molecular weight is 241 g/mol. The summed E-state index contributed by atoms with van der Waals surface area (Å²) in [6.07, 6.45) is 1.20. The van der Waals surface area contributed by atoms with Crippen molar-refractivity contribution in [1.82, 2.24) is 15.1 Å². The number of aromatic nitrogens is 2. The highest BCUT2D eigenvalue weighted by atomic mass is 32.2. The van der Waals surface area contributed by atoms with E-state index < -0.39 is 0 Å². The Hall–Kier alpha value is -0.480. The predicted octanol–water partition coefficient (Wildman–Crippen LogP) is 2.73. The Labute approximate surface area is 103 Å². The number of hydrogen-bond acceptors (Lipinski definition) is 3. The third-order valence-electron chi connectivity index (χ3n) is 2.42. The van der Waals surface area contributed by atoms with Crippen molar-refractivity contribution < 1.29 is 0 Å². The molecule has 1 aromatic heterocycles. The molecule has 0 saturated carbocycles. The fourth-order valence-electron chi connectivity index (χ4n) is 1.57. The largest absolute Gasteiger partial charge is 0.310 e. The number of aryl methyl sites for hydroxylation is 2. The van der Waals surface area contributed by atoms with Crippen LogP contribution in [0.25, 0.3) is 0 Å². The Morgan fingerprint density at radius 2 is 2.12 bits per heavy atom. The Kier molecular flexibility index (Phi) is 5.35. The molecule has 0 saturated heterocycles. The highest BCUT2D eigenvalue weighted by Gasteiger charge is 2.13. The van der Waals surface area contributed by atoms with Crippen LogP contribution < -0.4 is 5.32 Å². The lowest BCUT2D eigenvalue weighted by molar-refractivity contribution is 0.580. The molecule has 4 heteroatoms. The van der Waals surface area contributed by atoms with E-state index in [0.29, 0.717) is 6.04 Å². The van der Waals surface area contributed by atoms with E-state index in [9.17, 15) is 0 Å². The van der Waals surface area contributed by atoms with Gasteiger partial charge in [0.25, 0.3) is 0 Å². The summed E-state index contributed by atoms with van der Waals surface area (Å²) in [7, 11) is 2.03. The quantitative estimate of drug-likeness (QED) is 0.777. The molecule has 1 heterocycles. The van der Waals surface area contributed by atoms with Crippen molar-refractivity contribution >= 4 is 11.8 Å². The van der Waals surface area contributed by atoms with Gasteiger partial charge in [-0.25, -0.2) is 0 Å². The molecular formula is C12H23N3S. The second-order valence-corrected chi connectivity index (χ2v) is 5.46. The summed E-state index contributed by atoms with van der Waals surface area (Å²) < 4.78 is 2.01. The summed E-state index contributed by atoms with van der Waals surface area (Å²) in [5.41, 5.74) is 2.50. The number of thioether (sulfide) groups is 1. The molecule has 0 aliphatic carbocycles. The van der Waals surface area contributed by atoms with Gasteiger partial charge in [0.2, 0.25) is 0 Å². The Morgan fingerprint density at radius 3 is 2.69 bits per heavy atom. The first-order valence-electron chi connectivity index (χ1n) is 5.94. The van der Waals surface area contributed by atoms with Gasteiger partial charge in [-0.3, -0.25) is 4.68 Å². The van der Waals surface area contributed by atoms with E-state index in [4.69, 9.17) is 0 Å². The molecule has 0 fully saturated rings. The fraction of sp³-hybridized carbons (Fsp3) is 0.750. The SMILES string of the molecule is CCCSc1c(CNC(C)C)c(C)nn1C. The molecule has 0 spiro atoms. The van der Waals surface area contributed by atoms with E-state index in [1.54, 1.807) is 0 Å². The molecule has 1 N–H and O–H groups in total. The van der Waals surface area contributed by atoms with Gasteiger partial charge in [0.05, 0.1) is 10.7 Å². The molecule has 1 aromatic rings. The molecule has 0 aliphatic rings. The van der Waals surface area contributed by atoms with Crippen molar-refractivity contribution in [3.05, 3.63) is 11.3 Å². The molecule has 16 heavy (non-hydrogen) atoms. The van der Waals surface area contributed by atoms with Crippen molar-refractivity contribution in [2.24, 2.45) is 7.05 Å². The minimum absolute atomic E-state index is 0.517. The van der Waals surface area contributed by atoms with Crippen molar-refractivity contribution in [3.63, 3.8) is 0 Å². The maximum Gasteiger partial charge on any atom is 0.0984 e. The number of nitrogens with zero attached hydrogens (tertiary/aromatic N) is 2. The zero-order valence-electron chi connectivity index (χ0n) is 11.0. The average Bonchev–Trinajstić information content (AvgIpc) is 2.47. The fourth-order valence-corrected chi connectivity index (χ4v) is 2.59. The third kappa shape index (κ3) is 3.52. The minimum Gasteiger partial charge on any atom is -0.310 e. The topological polar surface area (TPSA) is 29.9 Å². The standard InChI is InChI=1S/C12H23N3S/c1-6-7-16-12-11(8-13-9(2)3)10(4)14-15(12)5/h9,13H,6-8H2,1-5H3. The van der Waals surface area contributed by atoms with Gasteiger partial charge < -0.3 is 5.32 Å². The zero-order chi connectivity index (χ0) is 12.1. The maximum atomic E-state index is 4.50. The molecule has 0 amide bonds. The van der Waals surface area contributed by atoms with Crippen LogP contribution in [0, 0.1) is 6.92 Å². The molecule has 92 valence electrons. The van der Waals surface area contributed by atoms with E-state index in [0.717, 1.165) is 18.0 Å². The van der Waals surface area contributed by atoms with Crippen LogP contribution >= 0.6 is 11.8 Å². The summed E-state index contributed by atoms with van der Waals surface area (Å²) in [6, 6.07) is 0.517. The van der Waals surface area contributed by atoms with Gasteiger partial charge >= 0.3 is 0 Å². The Bertz CT molecular complexity index is 331. The van der Waals surface area contributed by atoms with Crippen LogP contribution in [0.5, 0.6) is 0 Å². The summed E-state index contributed by atoms with van der Waals surface area (Å²) >= 11 is 1.91. The molecule has 0 bridgehead atoms. The van der Waals surface area contributed by atoms with Gasteiger partial charge in [-0.2, -0.15) is 5.10 Å². The van der Waals surface area contributed by atoms with Crippen molar-refractivity contribution in [1.29, 1.82) is 0 Å². The smallest absolute Gasteiger partial charge is 0.0984 e. The Morgan fingerprint density at radius 1 is 1.44 bits per heavy atom. The van der Waals surface area contributed by atoms with E-state index in [1.807, 2.05) is 23.5 Å². The molecule has 0 atom stereocenters. The minimum atomic E-state index is 0.517. The van der Waals surface area contributed by atoms with Gasteiger partial charge in [-0.15, -0.1) is 11.8 Å². The molecule has 1 rings (SSSR count). The normalized spacial score (nSPS) is 11.4. The van der Waals surface area contributed by atoms with Gasteiger partial charge in [-0.05, 0) is 19.1 Å². The molecule has 0 aliphatic heterocycles. The highest BCUT2D eigenvalue weighted by Crippen LogP contribution is 2.25. The lowest BCUT2D eigenvalue weighted by Gasteiger charge is -2.09. The van der Waals surface area contributed by atoms with Gasteiger partial charge in [-0.1, -0.05) is 20.8 Å². The monoisotopic (exact) mass is 241 g/mol. The molecular weight excluding hydrogens is 218 g/mol. The van der Waals surface area contributed by atoms with Crippen LogP contribution in [0.2, 0.25) is 0 Å². The van der Waals surface area contributed by atoms with E-state index in [1.165, 1.54) is 17.0 Å². The van der Waals surface area contributed by atoms with E-state index >= 15 is 0 Å². The second-order valence-electron chi connectivity index (χ2n) is 4.38. The van der Waals surface area contributed by atoms with Crippen LogP contribution in [-0.2, 0) is 13.6 Å². The van der Waals surface area contributed by atoms with Crippen LogP contribution in [0.1, 0.15) is 38.4 Å². The van der Waals surface area contributed by atoms with Crippen LogP contribution in [0.4, 0.5) is 0 Å². The lowest BCUT2D eigenvalue weighted by atomic mass is 10.2. The zero-order valence-corrected chi connectivity index (χ0v) is 11.8. The predicted molar refractivity (Wildman–Crippen MR) is 70.9 cm³/mol. The molecule has 0 radical (unpaired) electrons. The lowest BCUT2D eigenvalue weighted by Crippen LogP contribution is -2.22. The van der Waals surface area contributed by atoms with Gasteiger partial charge in [0, 0.05) is 25.2 Å². The summed E-state index contributed by atoms with van der Waals surface area (Å²) in [5, 5.41) is 9.28. The maximum absolute atomic E-state index is 4.50. The molecule has 0 unspecified atom stereocenters.